The molecule has 0 bridgehead atoms. The van der Waals surface area contributed by atoms with Gasteiger partial charge in [-0.2, -0.15) is 35.4 Å². The smallest absolute Gasteiger partial charge is 0.109 e. The predicted molar refractivity (Wildman–Crippen MR) is 180 cm³/mol. The summed E-state index contributed by atoms with van der Waals surface area (Å²) >= 11 is 1.65. The Morgan fingerprint density at radius 3 is 1.73 bits per heavy atom. The van der Waals surface area contributed by atoms with Crippen LogP contribution in [0.1, 0.15) is 81.3 Å². The minimum atomic E-state index is -0.499. The molecule has 0 heterocycles. The molecule has 4 heteroatoms. The Bertz CT molecular complexity index is 1520. The maximum Gasteiger partial charge on any atom is -0.109 e. The quantitative estimate of drug-likeness (QED) is 0.195. The molecule has 4 aromatic rings. The SMILES string of the molecule is CC(C)(C)c1c[c-]c2c(c1)-c1cc(C(C)(C)C)ccc1C2.Cc1cccc([Si](=[Zr+2])c2cccc(C)c2)c1.[C-]1=CC=CC1.[Cl-].[Cl-]. The zero-order valence-electron chi connectivity index (χ0n) is 27.4. The third-order valence-electron chi connectivity index (χ3n) is 7.73. The summed E-state index contributed by atoms with van der Waals surface area (Å²) in [7, 11) is 0. The van der Waals surface area contributed by atoms with Crippen molar-refractivity contribution in [2.24, 2.45) is 0 Å². The van der Waals surface area contributed by atoms with E-state index in [2.05, 4.69) is 152 Å². The molecule has 0 amide bonds. The van der Waals surface area contributed by atoms with Crippen LogP contribution in [0.5, 0.6) is 0 Å². The summed E-state index contributed by atoms with van der Waals surface area (Å²) in [6.45, 7) is 18.0. The van der Waals surface area contributed by atoms with Gasteiger partial charge in [0.05, 0.1) is 0 Å². The molecule has 0 aromatic heterocycles. The van der Waals surface area contributed by atoms with Gasteiger partial charge in [0.25, 0.3) is 0 Å². The standard InChI is InChI=1S/C21H25.C14H14Si.C5H5.2ClH.Zr/c1-20(2,3)16-9-7-14-11-15-8-10-17(21(4,5)6)13-19(15)18(14)12-16;1-11-5-3-7-13(9-11)15-14-8-4-6-12(2)10-14;1-2-4-5-3-1;;;/h7,9-10,12-13H,11H2,1-6H3;3-10H,1-2H3;1-3H,4H2;2*1H;/q-1;;-1;;;+2/p-2. The predicted octanol–water partition coefficient (Wildman–Crippen LogP) is 2.92. The van der Waals surface area contributed by atoms with E-state index in [4.69, 9.17) is 0 Å². The molecule has 0 atom stereocenters. The van der Waals surface area contributed by atoms with Crippen LogP contribution >= 0.6 is 0 Å². The van der Waals surface area contributed by atoms with Gasteiger partial charge in [0.15, 0.2) is 0 Å². The number of aryl methyl sites for hydroxylation is 2. The Hall–Kier alpha value is -1.96. The molecule has 0 spiro atoms. The number of fused-ring (bicyclic) bond motifs is 3. The molecule has 2 aliphatic carbocycles. The summed E-state index contributed by atoms with van der Waals surface area (Å²) < 4.78 is 0. The van der Waals surface area contributed by atoms with Gasteiger partial charge in [-0.05, 0) is 17.4 Å². The molecule has 0 unspecified atom stereocenters. The molecular formula is C40H44Cl2SiZr-2. The van der Waals surface area contributed by atoms with Crippen molar-refractivity contribution in [3.8, 4) is 11.1 Å². The van der Waals surface area contributed by atoms with Crippen LogP contribution in [0.15, 0.2) is 97.1 Å². The maximum absolute atomic E-state index is 3.53. The van der Waals surface area contributed by atoms with Crippen molar-refractivity contribution in [2.75, 3.05) is 0 Å². The Balaban J connectivity index is 0.000000260. The Morgan fingerprint density at radius 2 is 1.27 bits per heavy atom. The molecule has 0 radical (unpaired) electrons. The zero-order valence-corrected chi connectivity index (χ0v) is 32.4. The number of hydrogen-bond donors (Lipinski definition) is 0. The monoisotopic (exact) mass is 712 g/mol. The Labute approximate surface area is 294 Å². The van der Waals surface area contributed by atoms with Crippen LogP contribution in [0, 0.1) is 26.0 Å². The average molecular weight is 715 g/mol. The van der Waals surface area contributed by atoms with Gasteiger partial charge in [-0.3, -0.25) is 6.08 Å². The molecule has 2 aliphatic rings. The van der Waals surface area contributed by atoms with Gasteiger partial charge in [0.2, 0.25) is 0 Å². The number of rotatable bonds is 2. The van der Waals surface area contributed by atoms with Crippen LogP contribution in [0.2, 0.25) is 0 Å². The second kappa shape index (κ2) is 16.6. The number of halogens is 2. The van der Waals surface area contributed by atoms with Gasteiger partial charge in [-0.1, -0.05) is 76.3 Å². The van der Waals surface area contributed by atoms with Crippen LogP contribution in [-0.2, 0) is 40.6 Å². The Morgan fingerprint density at radius 1 is 0.705 bits per heavy atom. The van der Waals surface area contributed by atoms with Crippen LogP contribution < -0.4 is 35.2 Å². The minimum absolute atomic E-state index is 0. The van der Waals surface area contributed by atoms with Crippen molar-refractivity contribution in [3.05, 3.63) is 143 Å². The molecule has 0 N–H and O–H groups in total. The fraction of sp³-hybridized carbons (Fsp3) is 0.300. The number of allylic oxidation sites excluding steroid dienone is 4. The second-order valence-corrected chi connectivity index (χ2v) is 19.0. The zero-order chi connectivity index (χ0) is 30.5. The van der Waals surface area contributed by atoms with Gasteiger partial charge < -0.3 is 24.8 Å². The molecule has 0 saturated carbocycles. The van der Waals surface area contributed by atoms with Gasteiger partial charge in [-0.25, -0.2) is 12.2 Å². The molecule has 228 valence electrons. The molecule has 0 aliphatic heterocycles. The summed E-state index contributed by atoms with van der Waals surface area (Å²) in [6, 6.07) is 33.0. The van der Waals surface area contributed by atoms with E-state index in [-0.39, 0.29) is 35.6 Å². The number of hydrogen-bond acceptors (Lipinski definition) is 0. The summed E-state index contributed by atoms with van der Waals surface area (Å²) in [5, 5.41) is 3.07. The van der Waals surface area contributed by atoms with Crippen LogP contribution in [0.3, 0.4) is 0 Å². The molecule has 6 rings (SSSR count). The van der Waals surface area contributed by atoms with E-state index < -0.39 is 5.43 Å². The average Bonchev–Trinajstić information content (AvgIpc) is 3.63. The van der Waals surface area contributed by atoms with Crippen molar-refractivity contribution < 1.29 is 48.1 Å². The topological polar surface area (TPSA) is 0 Å². The largest absolute Gasteiger partial charge is 1.00 e. The van der Waals surface area contributed by atoms with Crippen LogP contribution in [-0.4, -0.2) is 5.43 Å². The first-order valence-electron chi connectivity index (χ1n) is 15.0. The molecule has 0 nitrogen and oxygen atoms in total. The normalized spacial score (nSPS) is 12.4. The van der Waals surface area contributed by atoms with E-state index in [1.165, 1.54) is 54.9 Å². The molecule has 0 saturated heterocycles. The van der Waals surface area contributed by atoms with E-state index >= 15 is 0 Å². The van der Waals surface area contributed by atoms with Gasteiger partial charge in [-0.15, -0.1) is 12.0 Å². The van der Waals surface area contributed by atoms with E-state index in [1.807, 2.05) is 12.2 Å². The first-order valence-corrected chi connectivity index (χ1v) is 20.1. The first-order chi connectivity index (χ1) is 19.8. The molecule has 44 heavy (non-hydrogen) atoms. The minimum Gasteiger partial charge on any atom is -1.00 e. The van der Waals surface area contributed by atoms with Crippen LogP contribution in [0.4, 0.5) is 0 Å². The van der Waals surface area contributed by atoms with E-state index in [1.54, 1.807) is 23.3 Å². The van der Waals surface area contributed by atoms with E-state index in [0.29, 0.717) is 0 Å². The molecule has 0 fully saturated rings. The van der Waals surface area contributed by atoms with Crippen molar-refractivity contribution in [1.29, 1.82) is 0 Å². The summed E-state index contributed by atoms with van der Waals surface area (Å²) in [5.74, 6) is 0. The summed E-state index contributed by atoms with van der Waals surface area (Å²) in [4.78, 5) is 0. The van der Waals surface area contributed by atoms with Crippen LogP contribution in [0.25, 0.3) is 11.1 Å². The van der Waals surface area contributed by atoms with Crippen molar-refractivity contribution in [1.82, 2.24) is 0 Å². The fourth-order valence-electron chi connectivity index (χ4n) is 5.09. The second-order valence-electron chi connectivity index (χ2n) is 13.4. The summed E-state index contributed by atoms with van der Waals surface area (Å²) in [6.07, 6.45) is 11.0. The third kappa shape index (κ3) is 10.3. The van der Waals surface area contributed by atoms with Crippen molar-refractivity contribution >= 4 is 15.8 Å². The van der Waals surface area contributed by atoms with Crippen molar-refractivity contribution in [2.45, 2.75) is 79.1 Å². The number of benzene rings is 4. The van der Waals surface area contributed by atoms with E-state index in [9.17, 15) is 0 Å². The van der Waals surface area contributed by atoms with Gasteiger partial charge in [0.1, 0.15) is 0 Å². The molecular weight excluding hydrogens is 671 g/mol. The van der Waals surface area contributed by atoms with Crippen molar-refractivity contribution in [3.63, 3.8) is 0 Å². The molecule has 4 aromatic carbocycles. The fourth-order valence-corrected chi connectivity index (χ4v) is 8.99. The van der Waals surface area contributed by atoms with E-state index in [0.717, 1.165) is 12.8 Å². The van der Waals surface area contributed by atoms with Gasteiger partial charge in [0, 0.05) is 0 Å². The summed E-state index contributed by atoms with van der Waals surface area (Å²) in [5.41, 5.74) is 11.0. The van der Waals surface area contributed by atoms with Gasteiger partial charge >= 0.3 is 113 Å². The third-order valence-corrected chi connectivity index (χ3v) is 13.8. The maximum atomic E-state index is 3.53. The Kier molecular flexibility index (Phi) is 14.4. The first kappa shape index (κ1) is 38.2.